The average molecular weight is 256 g/mol. The zero-order valence-corrected chi connectivity index (χ0v) is 9.28. The molecule has 0 radical (unpaired) electrons. The van der Waals surface area contributed by atoms with Gasteiger partial charge in [0.15, 0.2) is 4.67 Å². The van der Waals surface area contributed by atoms with Crippen molar-refractivity contribution in [3.05, 3.63) is 34.5 Å². The maximum atomic E-state index is 5.69. The first-order valence-corrected chi connectivity index (χ1v) is 4.98. The van der Waals surface area contributed by atoms with Crippen LogP contribution >= 0.6 is 15.9 Å². The molecule has 0 amide bonds. The molecule has 5 heteroatoms. The minimum Gasteiger partial charge on any atom is -0.452 e. The molecule has 2 heterocycles. The lowest BCUT2D eigenvalue weighted by atomic mass is 10.4. The maximum absolute atomic E-state index is 5.69. The van der Waals surface area contributed by atoms with E-state index in [0.717, 1.165) is 16.1 Å². The number of hydrogen-bond donors (Lipinski definition) is 1. The van der Waals surface area contributed by atoms with Gasteiger partial charge in [-0.1, -0.05) is 0 Å². The van der Waals surface area contributed by atoms with Gasteiger partial charge in [-0.25, -0.2) is 4.98 Å². The number of furan rings is 1. The van der Waals surface area contributed by atoms with Crippen molar-refractivity contribution in [3.8, 4) is 0 Å². The van der Waals surface area contributed by atoms with Gasteiger partial charge in [0.05, 0.1) is 12.7 Å². The van der Waals surface area contributed by atoms with Crippen molar-refractivity contribution in [2.45, 2.75) is 13.5 Å². The first-order chi connectivity index (χ1) is 6.66. The number of nitrogen functional groups attached to an aromatic ring is 1. The quantitative estimate of drug-likeness (QED) is 0.895. The molecule has 2 aromatic heterocycles. The van der Waals surface area contributed by atoms with Crippen molar-refractivity contribution in [1.82, 2.24) is 9.55 Å². The molecule has 2 rings (SSSR count). The Morgan fingerprint density at radius 1 is 1.57 bits per heavy atom. The van der Waals surface area contributed by atoms with E-state index in [-0.39, 0.29) is 0 Å². The molecule has 2 aromatic rings. The summed E-state index contributed by atoms with van der Waals surface area (Å²) >= 11 is 3.25. The molecule has 0 spiro atoms. The topological polar surface area (TPSA) is 57.0 Å². The highest BCUT2D eigenvalue weighted by molar-refractivity contribution is 9.10. The lowest BCUT2D eigenvalue weighted by Crippen LogP contribution is -2.05. The van der Waals surface area contributed by atoms with Crippen molar-refractivity contribution < 1.29 is 4.42 Å². The minimum absolute atomic E-state index is 0.509. The average Bonchev–Trinajstić information content (AvgIpc) is 2.67. The highest BCUT2D eigenvalue weighted by Gasteiger charge is 2.06. The van der Waals surface area contributed by atoms with Gasteiger partial charge in [-0.2, -0.15) is 0 Å². The molecule has 0 saturated carbocycles. The van der Waals surface area contributed by atoms with Crippen LogP contribution in [0, 0.1) is 6.92 Å². The number of nitrogens with zero attached hydrogens (tertiary/aromatic N) is 2. The molecule has 74 valence electrons. The lowest BCUT2D eigenvalue weighted by Gasteiger charge is -2.03. The Balaban J connectivity index is 2.26. The van der Waals surface area contributed by atoms with E-state index in [4.69, 9.17) is 10.2 Å². The van der Waals surface area contributed by atoms with Gasteiger partial charge in [-0.15, -0.1) is 0 Å². The molecule has 0 aliphatic rings. The number of hydrogen-bond acceptors (Lipinski definition) is 3. The van der Waals surface area contributed by atoms with E-state index in [9.17, 15) is 0 Å². The molecule has 4 nitrogen and oxygen atoms in total. The van der Waals surface area contributed by atoms with Gasteiger partial charge in [0.1, 0.15) is 5.76 Å². The number of aromatic nitrogens is 2. The van der Waals surface area contributed by atoms with E-state index in [1.54, 1.807) is 6.20 Å². The maximum Gasteiger partial charge on any atom is 0.200 e. The number of imidazole rings is 1. The number of aryl methyl sites for hydroxylation is 1. The van der Waals surface area contributed by atoms with Crippen LogP contribution in [0.15, 0.2) is 27.4 Å². The monoisotopic (exact) mass is 255 g/mol. The van der Waals surface area contributed by atoms with Crippen molar-refractivity contribution in [2.24, 2.45) is 0 Å². The molecule has 0 saturated heterocycles. The molecule has 0 atom stereocenters. The Kier molecular flexibility index (Phi) is 2.33. The smallest absolute Gasteiger partial charge is 0.200 e. The van der Waals surface area contributed by atoms with Crippen molar-refractivity contribution >= 4 is 21.9 Å². The fourth-order valence-corrected chi connectivity index (χ4v) is 1.62. The molecule has 14 heavy (non-hydrogen) atoms. The van der Waals surface area contributed by atoms with Crippen LogP contribution in [-0.4, -0.2) is 9.55 Å². The Labute approximate surface area is 89.9 Å². The van der Waals surface area contributed by atoms with E-state index >= 15 is 0 Å². The second-order valence-corrected chi connectivity index (χ2v) is 3.83. The van der Waals surface area contributed by atoms with Crippen molar-refractivity contribution in [1.29, 1.82) is 0 Å². The Bertz CT molecular complexity index is 427. The van der Waals surface area contributed by atoms with E-state index in [1.165, 1.54) is 0 Å². The molecule has 0 aromatic carbocycles. The summed E-state index contributed by atoms with van der Waals surface area (Å²) in [6.07, 6.45) is 1.74. The van der Waals surface area contributed by atoms with E-state index in [1.807, 2.05) is 23.6 Å². The second-order valence-electron chi connectivity index (χ2n) is 3.05. The Hall–Kier alpha value is -1.23. The molecule has 0 fully saturated rings. The number of anilines is 1. The van der Waals surface area contributed by atoms with Gasteiger partial charge in [0, 0.05) is 5.69 Å². The van der Waals surface area contributed by atoms with Gasteiger partial charge in [0.25, 0.3) is 0 Å². The van der Waals surface area contributed by atoms with Gasteiger partial charge in [-0.05, 0) is 35.0 Å². The van der Waals surface area contributed by atoms with Crippen LogP contribution in [0.4, 0.5) is 5.95 Å². The van der Waals surface area contributed by atoms with Crippen LogP contribution in [0.5, 0.6) is 0 Å². The van der Waals surface area contributed by atoms with Crippen LogP contribution in [-0.2, 0) is 6.54 Å². The third-order valence-corrected chi connectivity index (χ3v) is 2.45. The van der Waals surface area contributed by atoms with Crippen LogP contribution in [0.3, 0.4) is 0 Å². The van der Waals surface area contributed by atoms with Gasteiger partial charge in [-0.3, -0.25) is 0 Å². The number of halogens is 1. The van der Waals surface area contributed by atoms with Crippen molar-refractivity contribution in [2.75, 3.05) is 5.73 Å². The Morgan fingerprint density at radius 3 is 2.86 bits per heavy atom. The summed E-state index contributed by atoms with van der Waals surface area (Å²) in [7, 11) is 0. The predicted molar refractivity (Wildman–Crippen MR) is 56.9 cm³/mol. The van der Waals surface area contributed by atoms with Gasteiger partial charge < -0.3 is 14.7 Å². The third kappa shape index (κ3) is 1.68. The van der Waals surface area contributed by atoms with E-state index in [2.05, 4.69) is 20.9 Å². The van der Waals surface area contributed by atoms with Crippen molar-refractivity contribution in [3.63, 3.8) is 0 Å². The molecule has 0 unspecified atom stereocenters. The largest absolute Gasteiger partial charge is 0.452 e. The summed E-state index contributed by atoms with van der Waals surface area (Å²) in [5, 5.41) is 0. The van der Waals surface area contributed by atoms with Crippen LogP contribution < -0.4 is 5.73 Å². The fourth-order valence-electron chi connectivity index (χ4n) is 1.28. The molecule has 0 aliphatic carbocycles. The fraction of sp³-hybridized carbons (Fsp3) is 0.222. The highest BCUT2D eigenvalue weighted by Crippen LogP contribution is 2.17. The molecule has 2 N–H and O–H groups in total. The zero-order chi connectivity index (χ0) is 10.1. The second kappa shape index (κ2) is 3.49. The van der Waals surface area contributed by atoms with Gasteiger partial charge in [0.2, 0.25) is 5.95 Å². The minimum atomic E-state index is 0.509. The van der Waals surface area contributed by atoms with Crippen LogP contribution in [0.2, 0.25) is 0 Å². The van der Waals surface area contributed by atoms with Gasteiger partial charge >= 0.3 is 0 Å². The van der Waals surface area contributed by atoms with Crippen LogP contribution in [0.1, 0.15) is 11.5 Å². The molecule has 0 aliphatic heterocycles. The Morgan fingerprint density at radius 2 is 2.36 bits per heavy atom. The standard InChI is InChI=1S/C9H10BrN3O/c1-6-4-12-9(11)13(6)5-7-2-3-8(10)14-7/h2-4H,5H2,1H3,(H2,11,12). The molecule has 0 bridgehead atoms. The summed E-state index contributed by atoms with van der Waals surface area (Å²) in [5.74, 6) is 1.36. The lowest BCUT2D eigenvalue weighted by molar-refractivity contribution is 0.473. The predicted octanol–water partition coefficient (Wildman–Crippen LogP) is 2.18. The SMILES string of the molecule is Cc1cnc(N)n1Cc1ccc(Br)o1. The summed E-state index contributed by atoms with van der Waals surface area (Å²) in [6, 6.07) is 3.76. The summed E-state index contributed by atoms with van der Waals surface area (Å²) in [4.78, 5) is 4.01. The highest BCUT2D eigenvalue weighted by atomic mass is 79.9. The summed E-state index contributed by atoms with van der Waals surface area (Å²) in [6.45, 7) is 2.57. The number of rotatable bonds is 2. The van der Waals surface area contributed by atoms with E-state index < -0.39 is 0 Å². The van der Waals surface area contributed by atoms with E-state index in [0.29, 0.717) is 12.5 Å². The number of nitrogens with two attached hydrogens (primary N) is 1. The normalized spacial score (nSPS) is 10.7. The first-order valence-electron chi connectivity index (χ1n) is 4.18. The molecular formula is C9H10BrN3O. The first kappa shape index (κ1) is 9.33. The molecular weight excluding hydrogens is 246 g/mol. The third-order valence-electron chi connectivity index (χ3n) is 2.03. The summed E-state index contributed by atoms with van der Waals surface area (Å²) < 4.78 is 8.00. The zero-order valence-electron chi connectivity index (χ0n) is 7.70. The van der Waals surface area contributed by atoms with Crippen LogP contribution in [0.25, 0.3) is 0 Å². The summed E-state index contributed by atoms with van der Waals surface area (Å²) in [5.41, 5.74) is 6.72.